The molecule has 0 aliphatic heterocycles. The molecular formula is C23H30N2O4S2. The van der Waals surface area contributed by atoms with Crippen molar-refractivity contribution in [2.24, 2.45) is 0 Å². The summed E-state index contributed by atoms with van der Waals surface area (Å²) < 4.78 is 10.7. The zero-order valence-electron chi connectivity index (χ0n) is 18.2. The smallest absolute Gasteiger partial charge is 0.341 e. The Kier molecular flexibility index (Phi) is 7.17. The molecule has 0 bridgehead atoms. The van der Waals surface area contributed by atoms with Crippen LogP contribution in [-0.2, 0) is 35.2 Å². The van der Waals surface area contributed by atoms with E-state index in [4.69, 9.17) is 9.47 Å². The van der Waals surface area contributed by atoms with Gasteiger partial charge in [0.2, 0.25) is 0 Å². The van der Waals surface area contributed by atoms with E-state index in [0.717, 1.165) is 72.5 Å². The van der Waals surface area contributed by atoms with Crippen molar-refractivity contribution >= 4 is 44.6 Å². The van der Waals surface area contributed by atoms with Crippen LogP contribution in [0.1, 0.15) is 81.1 Å². The SMILES string of the molecule is CCOC(=O)c1c(NCNc2sc3c(c2C(=O)OCC)CCCC3)sc2c1CCCC2. The highest BCUT2D eigenvalue weighted by Gasteiger charge is 2.28. The first-order chi connectivity index (χ1) is 15.1. The average Bonchev–Trinajstić information content (AvgIpc) is 3.32. The number of nitrogens with one attached hydrogen (secondary N) is 2. The molecule has 2 heterocycles. The lowest BCUT2D eigenvalue weighted by Gasteiger charge is -2.13. The van der Waals surface area contributed by atoms with Gasteiger partial charge in [0.1, 0.15) is 10.0 Å². The summed E-state index contributed by atoms with van der Waals surface area (Å²) >= 11 is 3.31. The molecule has 31 heavy (non-hydrogen) atoms. The summed E-state index contributed by atoms with van der Waals surface area (Å²) in [5.41, 5.74) is 3.69. The molecule has 4 rings (SSSR count). The Balaban J connectivity index is 1.53. The van der Waals surface area contributed by atoms with E-state index in [2.05, 4.69) is 10.6 Å². The fourth-order valence-electron chi connectivity index (χ4n) is 4.42. The molecule has 0 fully saturated rings. The molecule has 2 aliphatic carbocycles. The Bertz CT molecular complexity index is 887. The van der Waals surface area contributed by atoms with Crippen LogP contribution in [0.15, 0.2) is 0 Å². The van der Waals surface area contributed by atoms with Gasteiger partial charge in [-0.1, -0.05) is 0 Å². The van der Waals surface area contributed by atoms with Gasteiger partial charge < -0.3 is 20.1 Å². The molecule has 168 valence electrons. The molecule has 8 heteroatoms. The first-order valence-electron chi connectivity index (χ1n) is 11.2. The third kappa shape index (κ3) is 4.60. The fraction of sp³-hybridized carbons (Fsp3) is 0.565. The minimum Gasteiger partial charge on any atom is -0.462 e. The molecule has 0 atom stereocenters. The molecule has 0 spiro atoms. The molecule has 2 aromatic rings. The quantitative estimate of drug-likeness (QED) is 0.404. The summed E-state index contributed by atoms with van der Waals surface area (Å²) in [5.74, 6) is -0.494. The second kappa shape index (κ2) is 10.0. The second-order valence-electron chi connectivity index (χ2n) is 7.80. The Labute approximate surface area is 191 Å². The van der Waals surface area contributed by atoms with Crippen LogP contribution in [0.2, 0.25) is 0 Å². The monoisotopic (exact) mass is 462 g/mol. The Hall–Kier alpha value is -2.06. The summed E-state index contributed by atoms with van der Waals surface area (Å²) in [6.07, 6.45) is 8.45. The molecule has 2 aromatic heterocycles. The van der Waals surface area contributed by atoms with Crippen LogP contribution in [-0.4, -0.2) is 31.8 Å². The maximum absolute atomic E-state index is 12.6. The highest BCUT2D eigenvalue weighted by Crippen LogP contribution is 2.40. The van der Waals surface area contributed by atoms with Crippen molar-refractivity contribution in [2.45, 2.75) is 65.2 Å². The first-order valence-corrected chi connectivity index (χ1v) is 12.9. The van der Waals surface area contributed by atoms with Gasteiger partial charge >= 0.3 is 11.9 Å². The normalized spacial score (nSPS) is 15.0. The number of carbonyl (C=O) groups excluding carboxylic acids is 2. The Morgan fingerprint density at radius 2 is 1.16 bits per heavy atom. The van der Waals surface area contributed by atoms with E-state index in [0.29, 0.717) is 31.0 Å². The minimum absolute atomic E-state index is 0.247. The third-order valence-electron chi connectivity index (χ3n) is 5.80. The van der Waals surface area contributed by atoms with Gasteiger partial charge in [-0.05, 0) is 76.3 Å². The van der Waals surface area contributed by atoms with Gasteiger partial charge in [0, 0.05) is 9.75 Å². The van der Waals surface area contributed by atoms with Crippen molar-refractivity contribution in [3.63, 3.8) is 0 Å². The summed E-state index contributed by atoms with van der Waals surface area (Å²) in [6.45, 7) is 4.83. The largest absolute Gasteiger partial charge is 0.462 e. The van der Waals surface area contributed by atoms with Crippen LogP contribution in [0.25, 0.3) is 0 Å². The standard InChI is InChI=1S/C23H30N2O4S2/c1-3-28-22(26)18-14-9-5-7-11-16(14)30-20(18)24-13-25-21-19(23(27)29-4-2)15-10-6-8-12-17(15)31-21/h24-25H,3-13H2,1-2H3. The van der Waals surface area contributed by atoms with Gasteiger partial charge in [-0.15, -0.1) is 22.7 Å². The van der Waals surface area contributed by atoms with E-state index in [1.54, 1.807) is 22.7 Å². The number of esters is 2. The van der Waals surface area contributed by atoms with E-state index < -0.39 is 0 Å². The van der Waals surface area contributed by atoms with Crippen LogP contribution in [0, 0.1) is 0 Å². The van der Waals surface area contributed by atoms with Crippen LogP contribution in [0.5, 0.6) is 0 Å². The van der Waals surface area contributed by atoms with Gasteiger partial charge in [0.25, 0.3) is 0 Å². The van der Waals surface area contributed by atoms with Gasteiger partial charge in [0.15, 0.2) is 0 Å². The lowest BCUT2D eigenvalue weighted by Crippen LogP contribution is -2.17. The number of ether oxygens (including phenoxy) is 2. The lowest BCUT2D eigenvalue weighted by molar-refractivity contribution is 0.0517. The van der Waals surface area contributed by atoms with Gasteiger partial charge in [0.05, 0.1) is 31.0 Å². The molecule has 0 unspecified atom stereocenters. The number of hydrogen-bond acceptors (Lipinski definition) is 8. The van der Waals surface area contributed by atoms with E-state index in [9.17, 15) is 9.59 Å². The molecule has 0 amide bonds. The zero-order valence-corrected chi connectivity index (χ0v) is 19.9. The highest BCUT2D eigenvalue weighted by atomic mass is 32.1. The van der Waals surface area contributed by atoms with E-state index >= 15 is 0 Å². The van der Waals surface area contributed by atoms with Crippen molar-refractivity contribution in [1.29, 1.82) is 0 Å². The molecular weight excluding hydrogens is 432 g/mol. The number of carbonyl (C=O) groups is 2. The number of thiophene rings is 2. The number of fused-ring (bicyclic) bond motifs is 2. The lowest BCUT2D eigenvalue weighted by atomic mass is 9.95. The maximum atomic E-state index is 12.6. The summed E-state index contributed by atoms with van der Waals surface area (Å²) in [7, 11) is 0. The van der Waals surface area contributed by atoms with Crippen LogP contribution in [0.4, 0.5) is 10.0 Å². The molecule has 0 aromatic carbocycles. The summed E-state index contributed by atoms with van der Waals surface area (Å²) in [6, 6.07) is 0. The molecule has 2 aliphatic rings. The summed E-state index contributed by atoms with van der Waals surface area (Å²) in [4.78, 5) is 27.9. The van der Waals surface area contributed by atoms with E-state index in [1.165, 1.54) is 9.75 Å². The van der Waals surface area contributed by atoms with E-state index in [1.807, 2.05) is 13.8 Å². The minimum atomic E-state index is -0.247. The van der Waals surface area contributed by atoms with E-state index in [-0.39, 0.29) is 11.9 Å². The number of anilines is 2. The molecule has 6 nitrogen and oxygen atoms in total. The topological polar surface area (TPSA) is 76.7 Å². The predicted molar refractivity (Wildman–Crippen MR) is 126 cm³/mol. The van der Waals surface area contributed by atoms with Crippen LogP contribution in [0.3, 0.4) is 0 Å². The van der Waals surface area contributed by atoms with Crippen molar-refractivity contribution in [1.82, 2.24) is 0 Å². The Morgan fingerprint density at radius 1 is 0.742 bits per heavy atom. The zero-order chi connectivity index (χ0) is 21.8. The Morgan fingerprint density at radius 3 is 1.58 bits per heavy atom. The molecule has 0 saturated carbocycles. The number of rotatable bonds is 8. The highest BCUT2D eigenvalue weighted by molar-refractivity contribution is 7.17. The number of aryl methyl sites for hydroxylation is 2. The molecule has 0 saturated heterocycles. The maximum Gasteiger partial charge on any atom is 0.341 e. The molecule has 0 radical (unpaired) electrons. The third-order valence-corrected chi connectivity index (χ3v) is 8.30. The van der Waals surface area contributed by atoms with Gasteiger partial charge in [-0.2, -0.15) is 0 Å². The fourth-order valence-corrected chi connectivity index (χ4v) is 6.97. The van der Waals surface area contributed by atoms with Crippen molar-refractivity contribution < 1.29 is 19.1 Å². The van der Waals surface area contributed by atoms with Crippen molar-refractivity contribution in [3.05, 3.63) is 32.0 Å². The summed E-state index contributed by atoms with van der Waals surface area (Å²) in [5, 5.41) is 8.51. The van der Waals surface area contributed by atoms with Gasteiger partial charge in [-0.3, -0.25) is 0 Å². The van der Waals surface area contributed by atoms with Gasteiger partial charge in [-0.25, -0.2) is 9.59 Å². The first kappa shape index (κ1) is 22.1. The predicted octanol–water partition coefficient (Wildman–Crippen LogP) is 5.40. The van der Waals surface area contributed by atoms with Crippen molar-refractivity contribution in [2.75, 3.05) is 30.5 Å². The average molecular weight is 463 g/mol. The second-order valence-corrected chi connectivity index (χ2v) is 10.0. The number of hydrogen-bond donors (Lipinski definition) is 2. The van der Waals surface area contributed by atoms with Crippen molar-refractivity contribution in [3.8, 4) is 0 Å². The van der Waals surface area contributed by atoms with Crippen LogP contribution >= 0.6 is 22.7 Å². The molecule has 2 N–H and O–H groups in total. The van der Waals surface area contributed by atoms with Crippen LogP contribution < -0.4 is 10.6 Å².